The first kappa shape index (κ1) is 13.2. The summed E-state index contributed by atoms with van der Waals surface area (Å²) in [6.45, 7) is -0.216. The number of aromatic hydroxyl groups is 1. The lowest BCUT2D eigenvalue weighted by Gasteiger charge is -2.16. The van der Waals surface area contributed by atoms with E-state index >= 15 is 0 Å². The highest BCUT2D eigenvalue weighted by molar-refractivity contribution is 6.05. The Hall–Kier alpha value is -2.27. The van der Waals surface area contributed by atoms with E-state index in [1.165, 1.54) is 20.3 Å². The smallest absolute Gasteiger partial charge is 0.169 e. The highest BCUT2D eigenvalue weighted by Gasteiger charge is 2.18. The molecule has 0 bridgehead atoms. The van der Waals surface area contributed by atoms with Crippen LogP contribution in [0.2, 0.25) is 0 Å². The molecule has 2 aromatic rings. The number of aldehydes is 1. The van der Waals surface area contributed by atoms with Crippen LogP contribution in [0.15, 0.2) is 18.2 Å². The molecule has 2 N–H and O–H groups in total. The van der Waals surface area contributed by atoms with Crippen LogP contribution >= 0.6 is 0 Å². The second-order valence-corrected chi connectivity index (χ2v) is 3.97. The summed E-state index contributed by atoms with van der Waals surface area (Å²) in [4.78, 5) is 11.2. The maximum atomic E-state index is 11.2. The molecule has 5 heteroatoms. The summed E-state index contributed by atoms with van der Waals surface area (Å²) in [5.74, 6) is 0.549. The van der Waals surface area contributed by atoms with Crippen LogP contribution in [0.3, 0.4) is 0 Å². The lowest BCUT2D eigenvalue weighted by atomic mass is 9.99. The van der Waals surface area contributed by atoms with Crippen molar-refractivity contribution in [3.8, 4) is 17.2 Å². The number of rotatable bonds is 4. The molecule has 0 spiro atoms. The molecule has 5 nitrogen and oxygen atoms in total. The summed E-state index contributed by atoms with van der Waals surface area (Å²) in [5.41, 5.74) is 0.687. The Kier molecular flexibility index (Phi) is 3.57. The van der Waals surface area contributed by atoms with Crippen LogP contribution in [-0.4, -0.2) is 30.7 Å². The van der Waals surface area contributed by atoms with Crippen molar-refractivity contribution in [3.05, 3.63) is 29.3 Å². The molecule has 0 unspecified atom stereocenters. The molecular formula is C14H14O5. The number of hydrogen-bond acceptors (Lipinski definition) is 5. The van der Waals surface area contributed by atoms with Gasteiger partial charge in [-0.15, -0.1) is 0 Å². The fourth-order valence-corrected chi connectivity index (χ4v) is 2.17. The number of phenolic OH excluding ortho intramolecular Hbond substituents is 1. The van der Waals surface area contributed by atoms with Gasteiger partial charge in [0.15, 0.2) is 17.8 Å². The fraction of sp³-hybridized carbons (Fsp3) is 0.214. The molecular weight excluding hydrogens is 248 g/mol. The van der Waals surface area contributed by atoms with Crippen molar-refractivity contribution in [1.29, 1.82) is 0 Å². The second-order valence-electron chi connectivity index (χ2n) is 3.97. The molecule has 19 heavy (non-hydrogen) atoms. The summed E-state index contributed by atoms with van der Waals surface area (Å²) in [6.07, 6.45) is 0.568. The number of phenols is 1. The Balaban J connectivity index is 2.98. The predicted octanol–water partition coefficient (Wildman–Crippen LogP) is 1.87. The van der Waals surface area contributed by atoms with Crippen molar-refractivity contribution in [2.45, 2.75) is 6.61 Å². The topological polar surface area (TPSA) is 76.0 Å². The molecule has 0 saturated carbocycles. The largest absolute Gasteiger partial charge is 0.507 e. The summed E-state index contributed by atoms with van der Waals surface area (Å²) < 4.78 is 10.5. The number of ether oxygens (including phenoxy) is 2. The van der Waals surface area contributed by atoms with Crippen molar-refractivity contribution in [2.24, 2.45) is 0 Å². The molecule has 0 amide bonds. The molecule has 0 aliphatic rings. The second kappa shape index (κ2) is 5.16. The average molecular weight is 262 g/mol. The molecule has 0 aliphatic carbocycles. The third kappa shape index (κ3) is 1.98. The van der Waals surface area contributed by atoms with E-state index in [0.717, 1.165) is 0 Å². The van der Waals surface area contributed by atoms with Gasteiger partial charge in [0.05, 0.1) is 26.4 Å². The lowest BCUT2D eigenvalue weighted by Crippen LogP contribution is -1.99. The van der Waals surface area contributed by atoms with Crippen molar-refractivity contribution in [2.75, 3.05) is 14.2 Å². The minimum Gasteiger partial charge on any atom is -0.507 e. The van der Waals surface area contributed by atoms with Crippen molar-refractivity contribution in [3.63, 3.8) is 0 Å². The zero-order valence-corrected chi connectivity index (χ0v) is 10.6. The Morgan fingerprint density at radius 3 is 2.42 bits per heavy atom. The van der Waals surface area contributed by atoms with Crippen LogP contribution in [0.5, 0.6) is 17.2 Å². The fourth-order valence-electron chi connectivity index (χ4n) is 2.17. The average Bonchev–Trinajstić information content (AvgIpc) is 2.45. The quantitative estimate of drug-likeness (QED) is 0.822. The van der Waals surface area contributed by atoms with E-state index in [1.807, 2.05) is 0 Å². The normalized spacial score (nSPS) is 10.5. The van der Waals surface area contributed by atoms with Gasteiger partial charge in [0.1, 0.15) is 5.75 Å². The number of benzene rings is 2. The van der Waals surface area contributed by atoms with Gasteiger partial charge in [-0.2, -0.15) is 0 Å². The third-order valence-corrected chi connectivity index (χ3v) is 3.01. The molecule has 2 rings (SSSR count). The number of aliphatic hydroxyl groups excluding tert-OH is 1. The Labute approximate surface area is 110 Å². The van der Waals surface area contributed by atoms with Gasteiger partial charge >= 0.3 is 0 Å². The van der Waals surface area contributed by atoms with Crippen LogP contribution in [0, 0.1) is 0 Å². The van der Waals surface area contributed by atoms with Gasteiger partial charge in [-0.05, 0) is 17.5 Å². The van der Waals surface area contributed by atoms with Gasteiger partial charge in [-0.25, -0.2) is 0 Å². The number of fused-ring (bicyclic) bond motifs is 1. The Morgan fingerprint density at radius 1 is 1.21 bits per heavy atom. The van der Waals surface area contributed by atoms with Gasteiger partial charge in [0.2, 0.25) is 0 Å². The van der Waals surface area contributed by atoms with Gasteiger partial charge in [0.25, 0.3) is 0 Å². The number of aliphatic hydroxyl groups is 1. The molecule has 0 fully saturated rings. The highest BCUT2D eigenvalue weighted by Crippen LogP contribution is 2.42. The summed E-state index contributed by atoms with van der Waals surface area (Å²) >= 11 is 0. The van der Waals surface area contributed by atoms with Crippen LogP contribution in [-0.2, 0) is 6.61 Å². The van der Waals surface area contributed by atoms with E-state index in [2.05, 4.69) is 0 Å². The van der Waals surface area contributed by atoms with E-state index in [1.54, 1.807) is 12.1 Å². The molecule has 0 atom stereocenters. The molecule has 0 saturated heterocycles. The summed E-state index contributed by atoms with van der Waals surface area (Å²) in [5, 5.41) is 20.2. The van der Waals surface area contributed by atoms with E-state index in [0.29, 0.717) is 34.1 Å². The molecule has 0 heterocycles. The van der Waals surface area contributed by atoms with Crippen LogP contribution in [0.1, 0.15) is 15.9 Å². The maximum absolute atomic E-state index is 11.2. The SMILES string of the molecule is COc1c(CO)cc2ccc(O)c(C=O)c2c1OC. The first-order valence-corrected chi connectivity index (χ1v) is 5.63. The van der Waals surface area contributed by atoms with E-state index in [4.69, 9.17) is 9.47 Å². The number of carbonyl (C=O) groups is 1. The van der Waals surface area contributed by atoms with Crippen molar-refractivity contribution < 1.29 is 24.5 Å². The molecule has 0 aliphatic heterocycles. The van der Waals surface area contributed by atoms with E-state index in [9.17, 15) is 15.0 Å². The first-order valence-electron chi connectivity index (χ1n) is 5.63. The molecule has 2 aromatic carbocycles. The minimum atomic E-state index is -0.216. The lowest BCUT2D eigenvalue weighted by molar-refractivity contribution is 0.112. The molecule has 100 valence electrons. The summed E-state index contributed by atoms with van der Waals surface area (Å²) in [6, 6.07) is 4.78. The zero-order chi connectivity index (χ0) is 14.0. The standard InChI is InChI=1S/C14H14O5/c1-18-13-9(6-15)5-8-3-4-11(17)10(7-16)12(8)14(13)19-2/h3-5,7,15,17H,6H2,1-2H3. The van der Waals surface area contributed by atoms with Crippen LogP contribution in [0.4, 0.5) is 0 Å². The van der Waals surface area contributed by atoms with Gasteiger partial charge in [-0.1, -0.05) is 6.07 Å². The van der Waals surface area contributed by atoms with Gasteiger partial charge in [-0.3, -0.25) is 4.79 Å². The van der Waals surface area contributed by atoms with E-state index in [-0.39, 0.29) is 17.9 Å². The van der Waals surface area contributed by atoms with Crippen LogP contribution in [0.25, 0.3) is 10.8 Å². The van der Waals surface area contributed by atoms with Crippen molar-refractivity contribution in [1.82, 2.24) is 0 Å². The zero-order valence-electron chi connectivity index (χ0n) is 10.6. The van der Waals surface area contributed by atoms with Crippen LogP contribution < -0.4 is 9.47 Å². The van der Waals surface area contributed by atoms with E-state index < -0.39 is 0 Å². The highest BCUT2D eigenvalue weighted by atomic mass is 16.5. The number of carbonyl (C=O) groups excluding carboxylic acids is 1. The Morgan fingerprint density at radius 2 is 1.89 bits per heavy atom. The predicted molar refractivity (Wildman–Crippen MR) is 70.0 cm³/mol. The number of methoxy groups -OCH3 is 2. The molecule has 0 radical (unpaired) electrons. The van der Waals surface area contributed by atoms with Gasteiger partial charge < -0.3 is 19.7 Å². The monoisotopic (exact) mass is 262 g/mol. The van der Waals surface area contributed by atoms with Gasteiger partial charge in [0, 0.05) is 10.9 Å². The maximum Gasteiger partial charge on any atom is 0.169 e. The Bertz CT molecular complexity index is 634. The minimum absolute atomic E-state index is 0.125. The summed E-state index contributed by atoms with van der Waals surface area (Å²) in [7, 11) is 2.89. The van der Waals surface area contributed by atoms with Crippen molar-refractivity contribution >= 4 is 17.1 Å². The number of hydrogen-bond donors (Lipinski definition) is 2. The third-order valence-electron chi connectivity index (χ3n) is 3.01. The first-order chi connectivity index (χ1) is 9.17. The molecule has 0 aromatic heterocycles.